The molecule has 0 bridgehead atoms. The van der Waals surface area contributed by atoms with Crippen LogP contribution in [0.1, 0.15) is 34.8 Å². The van der Waals surface area contributed by atoms with Crippen molar-refractivity contribution in [1.29, 1.82) is 0 Å². The van der Waals surface area contributed by atoms with E-state index in [1.807, 2.05) is 36.4 Å². The number of hydrogen-bond acceptors (Lipinski definition) is 4. The van der Waals surface area contributed by atoms with Gasteiger partial charge in [-0.05, 0) is 11.1 Å². The molecule has 0 aliphatic carbocycles. The smallest absolute Gasteiger partial charge is 0.184 e. The van der Waals surface area contributed by atoms with Crippen LogP contribution in [0, 0.1) is 0 Å². The number of hydrogen-bond donors (Lipinski definition) is 0. The summed E-state index contributed by atoms with van der Waals surface area (Å²) in [6.07, 6.45) is -1.03. The van der Waals surface area contributed by atoms with E-state index >= 15 is 0 Å². The van der Waals surface area contributed by atoms with Crippen LogP contribution in [0.25, 0.3) is 11.1 Å². The van der Waals surface area contributed by atoms with Gasteiger partial charge in [0.05, 0.1) is 0 Å². The standard InChI is InChI=1S/C34H32NO4.BrH/c1-3-11-23(12-4-1)33-36-21-29-31(38-33)32-30(22-37-34(39-32)24-13-5-2-6-14-24)35(29)19-25-15-7-9-17-27(25)28-18-10-8-16-26(28)20-35;/h1-18,29-34H,19-22H2;1H/q+1;/p-1/t29-,30-,31+,32+,33?,34?;/m0./s1. The zero-order valence-corrected chi connectivity index (χ0v) is 23.7. The molecule has 3 saturated heterocycles. The molecule has 4 aliphatic rings. The Bertz CT molecular complexity index is 1370. The minimum atomic E-state index is -0.403. The van der Waals surface area contributed by atoms with Crippen LogP contribution in [0.4, 0.5) is 0 Å². The van der Waals surface area contributed by atoms with Gasteiger partial charge in [0.25, 0.3) is 0 Å². The number of quaternary nitrogens is 1. The topological polar surface area (TPSA) is 36.9 Å². The summed E-state index contributed by atoms with van der Waals surface area (Å²) in [4.78, 5) is 0. The lowest BCUT2D eigenvalue weighted by Gasteiger charge is -2.47. The van der Waals surface area contributed by atoms with Gasteiger partial charge in [-0.1, -0.05) is 109 Å². The number of fused-ring (bicyclic) bond motifs is 8. The second-order valence-corrected chi connectivity index (χ2v) is 11.2. The van der Waals surface area contributed by atoms with Crippen LogP contribution in [0.15, 0.2) is 109 Å². The Balaban J connectivity index is 0.00000264. The van der Waals surface area contributed by atoms with Crippen LogP contribution in [-0.2, 0) is 32.0 Å². The van der Waals surface area contributed by atoms with E-state index in [0.29, 0.717) is 13.2 Å². The van der Waals surface area contributed by atoms with E-state index in [9.17, 15) is 0 Å². The van der Waals surface area contributed by atoms with Gasteiger partial charge in [0.15, 0.2) is 12.6 Å². The SMILES string of the molecule is [Br-].c1ccc(C2OC[C@H]3[C@@H](O2)[C@@H]2OC(c4ccccc4)OC[C@@H]2[N+]32Cc3ccccc3-c3ccccc3C2)cc1. The molecule has 8 rings (SSSR count). The molecule has 0 N–H and O–H groups in total. The molecule has 0 saturated carbocycles. The summed E-state index contributed by atoms with van der Waals surface area (Å²) in [7, 11) is 0. The van der Waals surface area contributed by atoms with Crippen LogP contribution >= 0.6 is 0 Å². The number of benzene rings is 4. The van der Waals surface area contributed by atoms with Gasteiger partial charge >= 0.3 is 0 Å². The first-order valence-electron chi connectivity index (χ1n) is 14.0. The Kier molecular flexibility index (Phi) is 6.87. The molecule has 4 aliphatic heterocycles. The van der Waals surface area contributed by atoms with Crippen molar-refractivity contribution in [1.82, 2.24) is 0 Å². The summed E-state index contributed by atoms with van der Waals surface area (Å²) >= 11 is 0. The minimum absolute atomic E-state index is 0. The average Bonchev–Trinajstić information content (AvgIpc) is 3.16. The average molecular weight is 599 g/mol. The molecule has 3 fully saturated rings. The maximum absolute atomic E-state index is 6.88. The molecule has 40 heavy (non-hydrogen) atoms. The van der Waals surface area contributed by atoms with E-state index in [4.69, 9.17) is 18.9 Å². The van der Waals surface area contributed by atoms with Crippen LogP contribution in [0.5, 0.6) is 0 Å². The van der Waals surface area contributed by atoms with Gasteiger partial charge in [-0.2, -0.15) is 0 Å². The highest BCUT2D eigenvalue weighted by atomic mass is 79.9. The first kappa shape index (κ1) is 26.1. The van der Waals surface area contributed by atoms with Gasteiger partial charge < -0.3 is 40.4 Å². The van der Waals surface area contributed by atoms with E-state index in [1.165, 1.54) is 22.3 Å². The van der Waals surface area contributed by atoms with E-state index < -0.39 is 12.6 Å². The lowest BCUT2D eigenvalue weighted by atomic mass is 9.97. The maximum atomic E-state index is 6.88. The highest BCUT2D eigenvalue weighted by Gasteiger charge is 2.66. The third-order valence-corrected chi connectivity index (χ3v) is 9.20. The summed E-state index contributed by atoms with van der Waals surface area (Å²) in [6, 6.07) is 38.5. The van der Waals surface area contributed by atoms with Gasteiger partial charge in [-0.25, -0.2) is 0 Å². The molecule has 0 amide bonds. The van der Waals surface area contributed by atoms with Gasteiger partial charge in [-0.15, -0.1) is 0 Å². The van der Waals surface area contributed by atoms with E-state index in [1.54, 1.807) is 0 Å². The van der Waals surface area contributed by atoms with E-state index in [0.717, 1.165) is 28.7 Å². The van der Waals surface area contributed by atoms with Crippen molar-refractivity contribution in [3.8, 4) is 11.1 Å². The van der Waals surface area contributed by atoms with Crippen molar-refractivity contribution in [3.63, 3.8) is 0 Å². The number of halogens is 1. The third-order valence-electron chi connectivity index (χ3n) is 9.20. The molecule has 0 radical (unpaired) electrons. The zero-order chi connectivity index (χ0) is 25.8. The van der Waals surface area contributed by atoms with E-state index in [2.05, 4.69) is 72.8 Å². The second kappa shape index (κ2) is 10.5. The quantitative estimate of drug-likeness (QED) is 0.333. The van der Waals surface area contributed by atoms with Crippen molar-refractivity contribution in [2.75, 3.05) is 13.2 Å². The molecule has 6 atom stereocenters. The minimum Gasteiger partial charge on any atom is -1.00 e. The van der Waals surface area contributed by atoms with Crippen molar-refractivity contribution in [2.24, 2.45) is 0 Å². The van der Waals surface area contributed by atoms with Crippen LogP contribution < -0.4 is 17.0 Å². The molecule has 2 unspecified atom stereocenters. The van der Waals surface area contributed by atoms with Gasteiger partial charge in [0.2, 0.25) is 0 Å². The van der Waals surface area contributed by atoms with Gasteiger partial charge in [0.1, 0.15) is 50.6 Å². The molecule has 4 heterocycles. The number of ether oxygens (including phenoxy) is 4. The highest BCUT2D eigenvalue weighted by Crippen LogP contribution is 2.51. The summed E-state index contributed by atoms with van der Waals surface area (Å²) in [5.74, 6) is 0. The lowest BCUT2D eigenvalue weighted by Crippen LogP contribution is -3.00. The van der Waals surface area contributed by atoms with Crippen LogP contribution in [-0.4, -0.2) is 42.0 Å². The summed E-state index contributed by atoms with van der Waals surface area (Å²) < 4.78 is 27.6. The summed E-state index contributed by atoms with van der Waals surface area (Å²) in [5.41, 5.74) is 7.45. The second-order valence-electron chi connectivity index (χ2n) is 11.2. The van der Waals surface area contributed by atoms with E-state index in [-0.39, 0.29) is 41.3 Å². The largest absolute Gasteiger partial charge is 1.00 e. The Hall–Kier alpha value is -2.84. The molecule has 0 aromatic heterocycles. The Morgan fingerprint density at radius 1 is 0.500 bits per heavy atom. The summed E-state index contributed by atoms with van der Waals surface area (Å²) in [6.45, 7) is 3.00. The van der Waals surface area contributed by atoms with Crippen LogP contribution in [0.2, 0.25) is 0 Å². The Morgan fingerprint density at radius 3 is 1.35 bits per heavy atom. The monoisotopic (exact) mass is 597 g/mol. The molecule has 6 heteroatoms. The molecule has 4 aromatic rings. The Morgan fingerprint density at radius 2 is 0.900 bits per heavy atom. The highest BCUT2D eigenvalue weighted by molar-refractivity contribution is 5.71. The Labute approximate surface area is 245 Å². The lowest BCUT2D eigenvalue weighted by molar-refractivity contribution is -0.990. The molecule has 4 aromatic carbocycles. The molecular weight excluding hydrogens is 566 g/mol. The fraction of sp³-hybridized carbons (Fsp3) is 0.294. The van der Waals surface area contributed by atoms with Gasteiger partial charge in [0, 0.05) is 22.3 Å². The van der Waals surface area contributed by atoms with Crippen molar-refractivity contribution < 1.29 is 40.4 Å². The maximum Gasteiger partial charge on any atom is 0.184 e. The number of nitrogens with zero attached hydrogens (tertiary/aromatic N) is 1. The van der Waals surface area contributed by atoms with Crippen molar-refractivity contribution in [3.05, 3.63) is 131 Å². The normalized spacial score (nSPS) is 29.7. The fourth-order valence-corrected chi connectivity index (χ4v) is 7.40. The molecule has 5 nitrogen and oxygen atoms in total. The molecule has 1 spiro atoms. The van der Waals surface area contributed by atoms with Crippen LogP contribution in [0.3, 0.4) is 0 Å². The molecule has 204 valence electrons. The zero-order valence-electron chi connectivity index (χ0n) is 22.1. The molecular formula is C34H32BrNO4. The summed E-state index contributed by atoms with van der Waals surface area (Å²) in [5, 5.41) is 0. The van der Waals surface area contributed by atoms with Crippen molar-refractivity contribution in [2.45, 2.75) is 50.0 Å². The predicted octanol–water partition coefficient (Wildman–Crippen LogP) is 3.17. The third kappa shape index (κ3) is 4.17. The van der Waals surface area contributed by atoms with Gasteiger partial charge in [-0.3, -0.25) is 0 Å². The first-order valence-corrected chi connectivity index (χ1v) is 14.0. The number of rotatable bonds is 2. The first-order chi connectivity index (χ1) is 19.3. The van der Waals surface area contributed by atoms with Crippen molar-refractivity contribution >= 4 is 0 Å². The fourth-order valence-electron chi connectivity index (χ4n) is 7.40. The predicted molar refractivity (Wildman–Crippen MR) is 147 cm³/mol.